The van der Waals surface area contributed by atoms with Crippen molar-refractivity contribution in [3.05, 3.63) is 94.8 Å². The third-order valence-corrected chi connectivity index (χ3v) is 4.94. The Kier molecular flexibility index (Phi) is 4.98. The number of aromatic nitrogens is 2. The Labute approximate surface area is 183 Å². The fraction of sp³-hybridized carbons (Fsp3) is 0.0385. The van der Waals surface area contributed by atoms with Gasteiger partial charge in [-0.25, -0.2) is 4.98 Å². The van der Waals surface area contributed by atoms with Gasteiger partial charge in [0, 0.05) is 10.9 Å². The lowest BCUT2D eigenvalue weighted by atomic mass is 10.2. The fourth-order valence-corrected chi connectivity index (χ4v) is 3.44. The number of benzene rings is 3. The maximum absolute atomic E-state index is 13.3. The molecule has 3 aromatic carbocycles. The summed E-state index contributed by atoms with van der Waals surface area (Å²) in [4.78, 5) is 18.0. The van der Waals surface area contributed by atoms with Crippen molar-refractivity contribution in [3.8, 4) is 29.7 Å². The monoisotopic (exact) mass is 419 g/mol. The van der Waals surface area contributed by atoms with Gasteiger partial charge in [0.05, 0.1) is 17.1 Å². The second-order valence-corrected chi connectivity index (χ2v) is 6.99. The van der Waals surface area contributed by atoms with Crippen molar-refractivity contribution in [1.82, 2.24) is 9.66 Å². The van der Waals surface area contributed by atoms with Crippen LogP contribution in [-0.4, -0.2) is 22.5 Å². The Balaban J connectivity index is 1.69. The standard InChI is InChI=1S/C26H17N3O3/c1-2-15-31-22-13-7-4-10-19(22)17-27-29-25(24-16-18-9-3-8-14-23(18)32-24)28-21-12-6-5-11-20(21)26(29)30/h1,3-14,16-17H,15H2. The summed E-state index contributed by atoms with van der Waals surface area (Å²) >= 11 is 0. The molecular formula is C26H17N3O3. The van der Waals surface area contributed by atoms with Gasteiger partial charge in [-0.1, -0.05) is 48.4 Å². The van der Waals surface area contributed by atoms with Gasteiger partial charge in [0.15, 0.2) is 5.76 Å². The highest BCUT2D eigenvalue weighted by molar-refractivity contribution is 5.85. The minimum absolute atomic E-state index is 0.132. The number of fused-ring (bicyclic) bond motifs is 2. The van der Waals surface area contributed by atoms with E-state index >= 15 is 0 Å². The van der Waals surface area contributed by atoms with Crippen LogP contribution in [0.5, 0.6) is 5.75 Å². The highest BCUT2D eigenvalue weighted by atomic mass is 16.5. The number of terminal acetylenes is 1. The molecule has 2 heterocycles. The van der Waals surface area contributed by atoms with E-state index in [2.05, 4.69) is 16.0 Å². The second-order valence-electron chi connectivity index (χ2n) is 6.99. The molecule has 0 aliphatic carbocycles. The topological polar surface area (TPSA) is 69.6 Å². The first kappa shape index (κ1) is 19.3. The molecule has 5 rings (SSSR count). The SMILES string of the molecule is C#CCOc1ccccc1C=Nn1c(-c2cc3ccccc3o2)nc2ccccc2c1=O. The average Bonchev–Trinajstić information content (AvgIpc) is 3.27. The number of hydrogen-bond acceptors (Lipinski definition) is 5. The molecule has 0 N–H and O–H groups in total. The van der Waals surface area contributed by atoms with Gasteiger partial charge >= 0.3 is 0 Å². The smallest absolute Gasteiger partial charge is 0.282 e. The van der Waals surface area contributed by atoms with Gasteiger partial charge in [-0.2, -0.15) is 9.78 Å². The normalized spacial score (nSPS) is 11.2. The number of ether oxygens (including phenoxy) is 1. The van der Waals surface area contributed by atoms with E-state index in [1.807, 2.05) is 54.6 Å². The van der Waals surface area contributed by atoms with Crippen LogP contribution in [0.1, 0.15) is 5.56 Å². The summed E-state index contributed by atoms with van der Waals surface area (Å²) in [6.45, 7) is 0.132. The molecule has 0 unspecified atom stereocenters. The Morgan fingerprint density at radius 1 is 1.06 bits per heavy atom. The third-order valence-electron chi connectivity index (χ3n) is 4.94. The first-order valence-corrected chi connectivity index (χ1v) is 9.95. The molecule has 5 aromatic rings. The van der Waals surface area contributed by atoms with E-state index in [4.69, 9.17) is 15.6 Å². The maximum Gasteiger partial charge on any atom is 0.282 e. The van der Waals surface area contributed by atoms with Crippen LogP contribution in [-0.2, 0) is 0 Å². The lowest BCUT2D eigenvalue weighted by Gasteiger charge is -2.08. The highest BCUT2D eigenvalue weighted by Crippen LogP contribution is 2.27. The molecule has 154 valence electrons. The Hall–Kier alpha value is -4.63. The highest BCUT2D eigenvalue weighted by Gasteiger charge is 2.16. The summed E-state index contributed by atoms with van der Waals surface area (Å²) in [6, 6.07) is 23.9. The quantitative estimate of drug-likeness (QED) is 0.306. The number of hydrogen-bond donors (Lipinski definition) is 0. The van der Waals surface area contributed by atoms with Crippen molar-refractivity contribution in [2.75, 3.05) is 6.61 Å². The summed E-state index contributed by atoms with van der Waals surface area (Å²) in [7, 11) is 0. The molecular weight excluding hydrogens is 402 g/mol. The molecule has 0 saturated heterocycles. The molecule has 6 heteroatoms. The number of rotatable bonds is 5. The summed E-state index contributed by atoms with van der Waals surface area (Å²) in [5.74, 6) is 3.77. The molecule has 0 amide bonds. The zero-order valence-electron chi connectivity index (χ0n) is 16.9. The zero-order valence-corrected chi connectivity index (χ0v) is 16.9. The van der Waals surface area contributed by atoms with E-state index in [-0.39, 0.29) is 12.2 Å². The third kappa shape index (κ3) is 3.53. The van der Waals surface area contributed by atoms with Gasteiger partial charge in [0.2, 0.25) is 5.82 Å². The van der Waals surface area contributed by atoms with E-state index in [0.717, 1.165) is 5.39 Å². The van der Waals surface area contributed by atoms with Crippen molar-refractivity contribution >= 4 is 28.1 Å². The van der Waals surface area contributed by atoms with Crippen molar-refractivity contribution in [2.24, 2.45) is 5.10 Å². The minimum Gasteiger partial charge on any atom is -0.480 e. The van der Waals surface area contributed by atoms with E-state index in [1.165, 1.54) is 4.68 Å². The number of furan rings is 1. The Morgan fingerprint density at radius 3 is 2.72 bits per heavy atom. The molecule has 2 aromatic heterocycles. The second kappa shape index (κ2) is 8.25. The van der Waals surface area contributed by atoms with Gasteiger partial charge in [-0.3, -0.25) is 4.79 Å². The van der Waals surface area contributed by atoms with Gasteiger partial charge in [0.25, 0.3) is 5.56 Å². The van der Waals surface area contributed by atoms with Crippen LogP contribution in [0.3, 0.4) is 0 Å². The number of nitrogens with zero attached hydrogens (tertiary/aromatic N) is 3. The lowest BCUT2D eigenvalue weighted by molar-refractivity contribution is 0.370. The van der Waals surface area contributed by atoms with Crippen LogP contribution < -0.4 is 10.3 Å². The van der Waals surface area contributed by atoms with E-state index in [1.54, 1.807) is 30.5 Å². The van der Waals surface area contributed by atoms with Crippen molar-refractivity contribution < 1.29 is 9.15 Å². The molecule has 0 bridgehead atoms. The molecule has 0 atom stereocenters. The molecule has 6 nitrogen and oxygen atoms in total. The summed E-state index contributed by atoms with van der Waals surface area (Å²) in [6.07, 6.45) is 6.86. The van der Waals surface area contributed by atoms with E-state index in [9.17, 15) is 4.79 Å². The zero-order chi connectivity index (χ0) is 21.9. The summed E-state index contributed by atoms with van der Waals surface area (Å²) in [5, 5.41) is 5.84. The van der Waals surface area contributed by atoms with Crippen LogP contribution in [0.15, 0.2) is 93.2 Å². The predicted molar refractivity (Wildman–Crippen MR) is 125 cm³/mol. The fourth-order valence-electron chi connectivity index (χ4n) is 3.44. The molecule has 0 spiro atoms. The largest absolute Gasteiger partial charge is 0.480 e. The molecule has 0 aliphatic rings. The van der Waals surface area contributed by atoms with Crippen LogP contribution in [0.2, 0.25) is 0 Å². The molecule has 0 radical (unpaired) electrons. The van der Waals surface area contributed by atoms with Crippen molar-refractivity contribution in [3.63, 3.8) is 0 Å². The minimum atomic E-state index is -0.302. The van der Waals surface area contributed by atoms with Gasteiger partial charge in [-0.15, -0.1) is 6.42 Å². The predicted octanol–water partition coefficient (Wildman–Crippen LogP) is 4.70. The summed E-state index contributed by atoms with van der Waals surface area (Å²) < 4.78 is 12.8. The molecule has 32 heavy (non-hydrogen) atoms. The van der Waals surface area contributed by atoms with Crippen LogP contribution >= 0.6 is 0 Å². The van der Waals surface area contributed by atoms with Gasteiger partial charge in [0.1, 0.15) is 17.9 Å². The first-order chi connectivity index (χ1) is 15.7. The van der Waals surface area contributed by atoms with Crippen LogP contribution in [0.4, 0.5) is 0 Å². The van der Waals surface area contributed by atoms with E-state index < -0.39 is 0 Å². The maximum atomic E-state index is 13.3. The number of para-hydroxylation sites is 3. The van der Waals surface area contributed by atoms with Crippen molar-refractivity contribution in [2.45, 2.75) is 0 Å². The van der Waals surface area contributed by atoms with E-state index in [0.29, 0.717) is 39.4 Å². The van der Waals surface area contributed by atoms with Gasteiger partial charge in [-0.05, 0) is 36.4 Å². The lowest BCUT2D eigenvalue weighted by Crippen LogP contribution is -2.20. The van der Waals surface area contributed by atoms with Crippen molar-refractivity contribution in [1.29, 1.82) is 0 Å². The first-order valence-electron chi connectivity index (χ1n) is 9.95. The molecule has 0 fully saturated rings. The Bertz CT molecular complexity index is 1540. The summed E-state index contributed by atoms with van der Waals surface area (Å²) in [5.41, 5.74) is 1.65. The van der Waals surface area contributed by atoms with Crippen LogP contribution in [0.25, 0.3) is 33.5 Å². The molecule has 0 saturated carbocycles. The average molecular weight is 419 g/mol. The Morgan fingerprint density at radius 2 is 1.84 bits per heavy atom. The van der Waals surface area contributed by atoms with Gasteiger partial charge < -0.3 is 9.15 Å². The molecule has 0 aliphatic heterocycles. The van der Waals surface area contributed by atoms with Crippen LogP contribution in [0, 0.1) is 12.3 Å².